The van der Waals surface area contributed by atoms with E-state index in [0.717, 1.165) is 92.4 Å². The maximum atomic E-state index is 13.8. The van der Waals surface area contributed by atoms with Crippen molar-refractivity contribution in [3.63, 3.8) is 0 Å². The van der Waals surface area contributed by atoms with Gasteiger partial charge in [0.1, 0.15) is 0 Å². The molecule has 2 saturated heterocycles. The number of piperazine rings is 1. The Morgan fingerprint density at radius 3 is 2.13 bits per heavy atom. The van der Waals surface area contributed by atoms with Crippen LogP contribution in [0.15, 0.2) is 109 Å². The highest BCUT2D eigenvalue weighted by Crippen LogP contribution is 2.29. The van der Waals surface area contributed by atoms with E-state index in [1.165, 1.54) is 29.7 Å². The van der Waals surface area contributed by atoms with Crippen LogP contribution in [-0.2, 0) is 13.1 Å². The zero-order valence-corrected chi connectivity index (χ0v) is 27.3. The van der Waals surface area contributed by atoms with Crippen LogP contribution < -0.4 is 4.90 Å². The summed E-state index contributed by atoms with van der Waals surface area (Å²) in [7, 11) is 0. The van der Waals surface area contributed by atoms with Crippen molar-refractivity contribution in [2.24, 2.45) is 0 Å². The first kappa shape index (κ1) is 30.7. The average Bonchev–Trinajstić information content (AvgIpc) is 3.48. The highest BCUT2D eigenvalue weighted by atomic mass is 35.5. The van der Waals surface area contributed by atoms with Crippen molar-refractivity contribution in [3.05, 3.63) is 137 Å². The molecule has 3 heterocycles. The molecule has 0 atom stereocenters. The van der Waals surface area contributed by atoms with Gasteiger partial charge >= 0.3 is 0 Å². The number of likely N-dealkylation sites (tertiary alicyclic amines) is 1. The minimum atomic E-state index is 0.0982. The van der Waals surface area contributed by atoms with E-state index in [2.05, 4.69) is 98.3 Å². The molecule has 5 nitrogen and oxygen atoms in total. The van der Waals surface area contributed by atoms with Crippen molar-refractivity contribution >= 4 is 34.0 Å². The Morgan fingerprint density at radius 1 is 0.696 bits per heavy atom. The van der Waals surface area contributed by atoms with Gasteiger partial charge in [-0.15, -0.1) is 0 Å². The topological polar surface area (TPSA) is 31.7 Å². The number of piperidine rings is 1. The number of benzene rings is 4. The Hall–Kier alpha value is -3.90. The number of anilines is 1. The van der Waals surface area contributed by atoms with Gasteiger partial charge in [0.2, 0.25) is 0 Å². The molecule has 0 radical (unpaired) electrons. The maximum Gasteiger partial charge on any atom is 0.195 e. The molecule has 2 fully saturated rings. The molecule has 0 amide bonds. The van der Waals surface area contributed by atoms with Crippen molar-refractivity contribution < 1.29 is 4.79 Å². The second-order valence-corrected chi connectivity index (χ2v) is 13.3. The number of para-hydroxylation sites is 1. The van der Waals surface area contributed by atoms with E-state index in [9.17, 15) is 4.79 Å². The van der Waals surface area contributed by atoms with Crippen LogP contribution in [-0.4, -0.2) is 66.0 Å². The van der Waals surface area contributed by atoms with Crippen LogP contribution in [0, 0.1) is 0 Å². The molecule has 46 heavy (non-hydrogen) atoms. The lowest BCUT2D eigenvalue weighted by atomic mass is 9.89. The van der Waals surface area contributed by atoms with Crippen LogP contribution in [0.2, 0.25) is 5.02 Å². The predicted molar refractivity (Wildman–Crippen MR) is 190 cm³/mol. The lowest BCUT2D eigenvalue weighted by Gasteiger charge is -2.36. The molecule has 0 unspecified atom stereocenters. The van der Waals surface area contributed by atoms with E-state index in [4.69, 9.17) is 11.6 Å². The Morgan fingerprint density at radius 2 is 1.39 bits per heavy atom. The standard InChI is InChI=1S/C40H43ClN4O/c41-35-15-17-36(18-16-35)44-27-25-43(26-28-44)29-31-11-13-34(14-12-31)40(46)38-30-45(39-10-5-4-9-37(38)39)22-6-21-42-23-19-33(20-24-42)32-7-2-1-3-8-32/h1-5,7-18,30,33H,6,19-29H2. The number of aryl methyl sites for hydroxylation is 1. The van der Waals surface area contributed by atoms with E-state index in [-0.39, 0.29) is 5.78 Å². The number of hydrogen-bond acceptors (Lipinski definition) is 4. The van der Waals surface area contributed by atoms with Crippen molar-refractivity contribution in [2.45, 2.75) is 38.3 Å². The normalized spacial score (nSPS) is 16.7. The summed E-state index contributed by atoms with van der Waals surface area (Å²) in [6.45, 7) is 9.22. The number of ketones is 1. The summed E-state index contributed by atoms with van der Waals surface area (Å²) in [5.41, 5.74) is 6.64. The summed E-state index contributed by atoms with van der Waals surface area (Å²) in [5, 5.41) is 1.81. The minimum absolute atomic E-state index is 0.0982. The first-order valence-corrected chi connectivity index (χ1v) is 17.2. The summed E-state index contributed by atoms with van der Waals surface area (Å²) >= 11 is 6.07. The Balaban J connectivity index is 0.935. The third kappa shape index (κ3) is 7.07. The van der Waals surface area contributed by atoms with Crippen LogP contribution in [0.1, 0.15) is 52.2 Å². The molecule has 0 saturated carbocycles. The predicted octanol–water partition coefficient (Wildman–Crippen LogP) is 8.12. The van der Waals surface area contributed by atoms with Crippen molar-refractivity contribution in [1.82, 2.24) is 14.4 Å². The summed E-state index contributed by atoms with van der Waals surface area (Å²) in [6, 6.07) is 35.7. The van der Waals surface area contributed by atoms with E-state index in [0.29, 0.717) is 5.92 Å². The van der Waals surface area contributed by atoms with Crippen molar-refractivity contribution in [3.8, 4) is 0 Å². The number of carbonyl (C=O) groups excluding carboxylic acids is 1. The van der Waals surface area contributed by atoms with Gasteiger partial charge < -0.3 is 14.4 Å². The Labute approximate surface area is 278 Å². The first-order chi connectivity index (χ1) is 22.6. The summed E-state index contributed by atoms with van der Waals surface area (Å²) in [6.07, 6.45) is 5.62. The molecule has 0 aliphatic carbocycles. The van der Waals surface area contributed by atoms with Gasteiger partial charge in [0, 0.05) is 78.2 Å². The van der Waals surface area contributed by atoms with Crippen molar-refractivity contribution in [2.75, 3.05) is 50.7 Å². The van der Waals surface area contributed by atoms with Gasteiger partial charge in [-0.2, -0.15) is 0 Å². The summed E-state index contributed by atoms with van der Waals surface area (Å²) in [4.78, 5) is 21.3. The number of nitrogens with zero attached hydrogens (tertiary/aromatic N) is 4. The van der Waals surface area contributed by atoms with Crippen molar-refractivity contribution in [1.29, 1.82) is 0 Å². The number of hydrogen-bond donors (Lipinski definition) is 0. The fourth-order valence-electron chi connectivity index (χ4n) is 7.28. The lowest BCUT2D eigenvalue weighted by Crippen LogP contribution is -2.45. The summed E-state index contributed by atoms with van der Waals surface area (Å²) in [5.74, 6) is 0.783. The molecule has 5 aromatic rings. The zero-order chi connectivity index (χ0) is 31.3. The molecule has 0 spiro atoms. The molecule has 2 aliphatic heterocycles. The third-order valence-corrected chi connectivity index (χ3v) is 10.2. The lowest BCUT2D eigenvalue weighted by molar-refractivity contribution is 0.104. The molecule has 0 bridgehead atoms. The number of aromatic nitrogens is 1. The highest BCUT2D eigenvalue weighted by molar-refractivity contribution is 6.30. The maximum absolute atomic E-state index is 13.8. The van der Waals surface area contributed by atoms with E-state index < -0.39 is 0 Å². The molecular formula is C40H43ClN4O. The van der Waals surface area contributed by atoms with Gasteiger partial charge in [0.05, 0.1) is 0 Å². The van der Waals surface area contributed by atoms with Crippen LogP contribution >= 0.6 is 11.6 Å². The molecule has 236 valence electrons. The van der Waals surface area contributed by atoms with Crippen LogP contribution in [0.25, 0.3) is 10.9 Å². The molecule has 7 rings (SSSR count). The molecule has 0 N–H and O–H groups in total. The zero-order valence-electron chi connectivity index (χ0n) is 26.5. The Bertz CT molecular complexity index is 1730. The molecule has 6 heteroatoms. The quantitative estimate of drug-likeness (QED) is 0.146. The largest absolute Gasteiger partial charge is 0.369 e. The van der Waals surface area contributed by atoms with Crippen LogP contribution in [0.4, 0.5) is 5.69 Å². The molecule has 4 aromatic carbocycles. The Kier molecular flexibility index (Phi) is 9.52. The van der Waals surface area contributed by atoms with Crippen LogP contribution in [0.5, 0.6) is 0 Å². The monoisotopic (exact) mass is 630 g/mol. The average molecular weight is 631 g/mol. The van der Waals surface area contributed by atoms with E-state index >= 15 is 0 Å². The van der Waals surface area contributed by atoms with Gasteiger partial charge in [0.15, 0.2) is 5.78 Å². The smallest absolute Gasteiger partial charge is 0.195 e. The number of halogens is 1. The third-order valence-electron chi connectivity index (χ3n) is 9.95. The van der Waals surface area contributed by atoms with Gasteiger partial charge in [-0.25, -0.2) is 0 Å². The van der Waals surface area contributed by atoms with Crippen LogP contribution in [0.3, 0.4) is 0 Å². The van der Waals surface area contributed by atoms with E-state index in [1.807, 2.05) is 30.3 Å². The fourth-order valence-corrected chi connectivity index (χ4v) is 7.41. The molecule has 2 aliphatic rings. The SMILES string of the molecule is O=C(c1ccc(CN2CCN(c3ccc(Cl)cc3)CC2)cc1)c1cn(CCCN2CCC(c3ccccc3)CC2)c2ccccc12. The van der Waals surface area contributed by atoms with E-state index in [1.54, 1.807) is 0 Å². The number of carbonyl (C=O) groups is 1. The molecular weight excluding hydrogens is 588 g/mol. The number of rotatable bonds is 10. The fraction of sp³-hybridized carbons (Fsp3) is 0.325. The van der Waals surface area contributed by atoms with Gasteiger partial charge in [-0.3, -0.25) is 9.69 Å². The molecule has 1 aromatic heterocycles. The van der Waals surface area contributed by atoms with Gasteiger partial charge in [0.25, 0.3) is 0 Å². The number of fused-ring (bicyclic) bond motifs is 1. The van der Waals surface area contributed by atoms with Gasteiger partial charge in [-0.05, 0) is 86.3 Å². The second kappa shape index (κ2) is 14.3. The highest BCUT2D eigenvalue weighted by Gasteiger charge is 2.22. The first-order valence-electron chi connectivity index (χ1n) is 16.8. The second-order valence-electron chi connectivity index (χ2n) is 12.9. The minimum Gasteiger partial charge on any atom is -0.369 e. The summed E-state index contributed by atoms with van der Waals surface area (Å²) < 4.78 is 2.29. The van der Waals surface area contributed by atoms with Gasteiger partial charge in [-0.1, -0.05) is 84.4 Å².